The summed E-state index contributed by atoms with van der Waals surface area (Å²) in [5.74, 6) is 0.152. The molecule has 0 bridgehead atoms. The van der Waals surface area contributed by atoms with Crippen molar-refractivity contribution in [3.63, 3.8) is 0 Å². The molecule has 112 valence electrons. The first-order chi connectivity index (χ1) is 10.6. The highest BCUT2D eigenvalue weighted by atomic mass is 32.1. The fraction of sp³-hybridized carbons (Fsp3) is 0.133. The first-order valence-electron chi connectivity index (χ1n) is 6.61. The molecule has 3 N–H and O–H groups in total. The number of anilines is 1. The van der Waals surface area contributed by atoms with E-state index in [2.05, 4.69) is 9.98 Å². The molecule has 0 aliphatic carbocycles. The van der Waals surface area contributed by atoms with Gasteiger partial charge in [-0.05, 0) is 37.3 Å². The number of amides is 1. The van der Waals surface area contributed by atoms with Crippen LogP contribution >= 0.6 is 11.3 Å². The number of nitrogen functional groups attached to an aromatic ring is 1. The minimum absolute atomic E-state index is 0.190. The average molecular weight is 315 g/mol. The second-order valence-corrected chi connectivity index (χ2v) is 5.62. The van der Waals surface area contributed by atoms with Crippen LogP contribution in [0.3, 0.4) is 0 Å². The minimum atomic E-state index is -0.372. The second-order valence-electron chi connectivity index (χ2n) is 4.55. The van der Waals surface area contributed by atoms with Crippen molar-refractivity contribution in [3.8, 4) is 11.6 Å². The Labute approximate surface area is 129 Å². The van der Waals surface area contributed by atoms with Gasteiger partial charge in [-0.2, -0.15) is 4.98 Å². The van der Waals surface area contributed by atoms with Crippen molar-refractivity contribution in [3.05, 3.63) is 39.2 Å². The second kappa shape index (κ2) is 5.61. The van der Waals surface area contributed by atoms with Gasteiger partial charge in [0.25, 0.3) is 5.91 Å². The highest BCUT2D eigenvalue weighted by Gasteiger charge is 2.14. The molecule has 1 aromatic heterocycles. The predicted octanol–water partition coefficient (Wildman–Crippen LogP) is 0.853. The number of carbonyl (C=O) groups is 1. The van der Waals surface area contributed by atoms with E-state index in [0.29, 0.717) is 28.2 Å². The number of hydrogen-bond donors (Lipinski definition) is 2. The van der Waals surface area contributed by atoms with E-state index in [-0.39, 0.29) is 16.9 Å². The Hall–Kier alpha value is -2.67. The van der Waals surface area contributed by atoms with Crippen LogP contribution in [0.4, 0.5) is 5.13 Å². The number of fused-ring (bicyclic) bond motifs is 1. The summed E-state index contributed by atoms with van der Waals surface area (Å²) in [4.78, 5) is 20.2. The quantitative estimate of drug-likeness (QED) is 0.819. The largest absolute Gasteiger partial charge is 0.494 e. The van der Waals surface area contributed by atoms with Crippen molar-refractivity contribution >= 4 is 34.5 Å². The molecule has 0 unspecified atom stereocenters. The molecule has 1 aliphatic rings. The number of aromatic nitrogens is 1. The molecule has 6 nitrogen and oxygen atoms in total. The van der Waals surface area contributed by atoms with Gasteiger partial charge in [-0.1, -0.05) is 11.3 Å². The summed E-state index contributed by atoms with van der Waals surface area (Å²) < 4.78 is 5.44. The number of rotatable bonds is 3. The lowest BCUT2D eigenvalue weighted by Gasteiger charge is -2.06. The molecule has 22 heavy (non-hydrogen) atoms. The summed E-state index contributed by atoms with van der Waals surface area (Å²) >= 11 is 1.10. The number of thiazole rings is 1. The van der Waals surface area contributed by atoms with Gasteiger partial charge in [0.05, 0.1) is 16.8 Å². The third kappa shape index (κ3) is 2.71. The van der Waals surface area contributed by atoms with Gasteiger partial charge in [-0.25, -0.2) is 4.99 Å². The summed E-state index contributed by atoms with van der Waals surface area (Å²) in [6, 6.07) is 5.34. The molecular weight excluding hydrogens is 302 g/mol. The molecule has 0 saturated carbocycles. The highest BCUT2D eigenvalue weighted by molar-refractivity contribution is 7.16. The summed E-state index contributed by atoms with van der Waals surface area (Å²) in [5, 5.41) is 11.3. The number of carbonyl (C=O) groups excluding carboxylic acids is 1. The molecule has 1 aliphatic heterocycles. The Balaban J connectivity index is 2.09. The Morgan fingerprint density at radius 3 is 2.95 bits per heavy atom. The Morgan fingerprint density at radius 1 is 1.45 bits per heavy atom. The molecule has 3 rings (SSSR count). The summed E-state index contributed by atoms with van der Waals surface area (Å²) in [7, 11) is 0. The van der Waals surface area contributed by atoms with E-state index >= 15 is 0 Å². The van der Waals surface area contributed by atoms with Crippen LogP contribution in [0.5, 0.6) is 11.6 Å². The van der Waals surface area contributed by atoms with Crippen LogP contribution in [0.15, 0.2) is 28.8 Å². The van der Waals surface area contributed by atoms with Crippen LogP contribution in [-0.2, 0) is 4.79 Å². The molecule has 0 saturated heterocycles. The first kappa shape index (κ1) is 14.3. The van der Waals surface area contributed by atoms with E-state index in [1.165, 1.54) is 6.08 Å². The van der Waals surface area contributed by atoms with Crippen LogP contribution in [0.25, 0.3) is 12.2 Å². The fourth-order valence-corrected chi connectivity index (χ4v) is 2.77. The number of nitrogens with zero attached hydrogens (tertiary/aromatic N) is 2. The van der Waals surface area contributed by atoms with E-state index in [0.717, 1.165) is 16.6 Å². The lowest BCUT2D eigenvalue weighted by atomic mass is 10.1. The van der Waals surface area contributed by atoms with Gasteiger partial charge in [-0.3, -0.25) is 4.79 Å². The standard InChI is InChI=1S/C15H13N3O3S/c1-2-21-10-3-4-11-8(6-10)5-9(13(19)17-11)7-12-14(20)18-15(16)22-12/h3-7,20H,2H2,1H3,(H2,16,18)/b9-7+. The van der Waals surface area contributed by atoms with Crippen molar-refractivity contribution in [2.45, 2.75) is 6.92 Å². The van der Waals surface area contributed by atoms with Gasteiger partial charge >= 0.3 is 0 Å². The fourth-order valence-electron chi connectivity index (χ4n) is 2.09. The highest BCUT2D eigenvalue weighted by Crippen LogP contribution is 2.28. The summed E-state index contributed by atoms with van der Waals surface area (Å²) in [6.07, 6.45) is 3.24. The lowest BCUT2D eigenvalue weighted by molar-refractivity contribution is -0.114. The zero-order valence-corrected chi connectivity index (χ0v) is 12.6. The lowest BCUT2D eigenvalue weighted by Crippen LogP contribution is -2.30. The van der Waals surface area contributed by atoms with Gasteiger partial charge in [0.2, 0.25) is 5.88 Å². The molecule has 0 atom stereocenters. The van der Waals surface area contributed by atoms with E-state index in [1.807, 2.05) is 13.0 Å². The van der Waals surface area contributed by atoms with Gasteiger partial charge in [-0.15, -0.1) is 0 Å². The van der Waals surface area contributed by atoms with Crippen molar-refractivity contribution in [2.24, 2.45) is 4.99 Å². The van der Waals surface area contributed by atoms with E-state index < -0.39 is 0 Å². The van der Waals surface area contributed by atoms with Crippen molar-refractivity contribution in [2.75, 3.05) is 12.3 Å². The molecule has 0 fully saturated rings. The molecular formula is C15H13N3O3S. The Morgan fingerprint density at radius 2 is 2.27 bits per heavy atom. The number of benzene rings is 1. The zero-order valence-electron chi connectivity index (χ0n) is 11.7. The monoisotopic (exact) mass is 315 g/mol. The maximum Gasteiger partial charge on any atom is 0.277 e. The van der Waals surface area contributed by atoms with E-state index in [4.69, 9.17) is 10.5 Å². The number of aromatic hydroxyl groups is 1. The third-order valence-corrected chi connectivity index (χ3v) is 3.85. The zero-order chi connectivity index (χ0) is 15.7. The third-order valence-electron chi connectivity index (χ3n) is 3.03. The number of nitrogens with two attached hydrogens (primary N) is 1. The molecule has 2 heterocycles. The maximum absolute atomic E-state index is 12.1. The van der Waals surface area contributed by atoms with Crippen molar-refractivity contribution in [1.82, 2.24) is 4.98 Å². The normalized spacial score (nSPS) is 15.1. The van der Waals surface area contributed by atoms with Gasteiger partial charge < -0.3 is 15.6 Å². The molecule has 0 spiro atoms. The summed E-state index contributed by atoms with van der Waals surface area (Å²) in [5.41, 5.74) is 5.89. The maximum atomic E-state index is 12.1. The smallest absolute Gasteiger partial charge is 0.277 e. The number of ether oxygens (including phenoxy) is 1. The van der Waals surface area contributed by atoms with Crippen LogP contribution < -0.4 is 21.0 Å². The minimum Gasteiger partial charge on any atom is -0.494 e. The van der Waals surface area contributed by atoms with Crippen molar-refractivity contribution in [1.29, 1.82) is 0 Å². The van der Waals surface area contributed by atoms with Crippen LogP contribution in [-0.4, -0.2) is 22.6 Å². The van der Waals surface area contributed by atoms with Crippen LogP contribution in [0.1, 0.15) is 11.8 Å². The summed E-state index contributed by atoms with van der Waals surface area (Å²) in [6.45, 7) is 2.46. The SMILES string of the molecule is CCOc1ccc2c(c1)=C/C(=C\c1sc(N)nc1O)C(=O)N=2. The Bertz CT molecular complexity index is 899. The predicted molar refractivity (Wildman–Crippen MR) is 84.0 cm³/mol. The topological polar surface area (TPSA) is 97.8 Å². The average Bonchev–Trinajstić information content (AvgIpc) is 2.78. The van der Waals surface area contributed by atoms with Gasteiger partial charge in [0, 0.05) is 10.8 Å². The van der Waals surface area contributed by atoms with Crippen LogP contribution in [0.2, 0.25) is 0 Å². The van der Waals surface area contributed by atoms with Gasteiger partial charge in [0.15, 0.2) is 5.13 Å². The first-order valence-corrected chi connectivity index (χ1v) is 7.43. The number of hydrogen-bond acceptors (Lipinski definition) is 6. The van der Waals surface area contributed by atoms with Crippen molar-refractivity contribution < 1.29 is 14.6 Å². The molecule has 0 radical (unpaired) electrons. The molecule has 1 aromatic carbocycles. The van der Waals surface area contributed by atoms with E-state index in [1.54, 1.807) is 18.2 Å². The van der Waals surface area contributed by atoms with Crippen LogP contribution in [0, 0.1) is 0 Å². The molecule has 1 amide bonds. The van der Waals surface area contributed by atoms with Gasteiger partial charge in [0.1, 0.15) is 5.75 Å². The Kier molecular flexibility index (Phi) is 3.64. The van der Waals surface area contributed by atoms with E-state index in [9.17, 15) is 9.90 Å². The molecule has 2 aromatic rings. The molecule has 7 heteroatoms.